The normalized spacial score (nSPS) is 11.4. The smallest absolute Gasteiger partial charge is 0.265 e. The van der Waals surface area contributed by atoms with Crippen LogP contribution in [0.5, 0.6) is 11.5 Å². The standard InChI is InChI=1S/C20H21Cl2N3O4S/c1-12-20(13(2)25(23-12)11-14-5-6-15(21)9-17(14)22)24-30(26,27)19-8-7-16(28-3)10-18(19)29-4/h5-10,24H,11H2,1-4H3. The Balaban J connectivity index is 1.94. The second kappa shape index (κ2) is 8.75. The number of nitrogens with zero attached hydrogens (tertiary/aromatic N) is 2. The molecule has 30 heavy (non-hydrogen) atoms. The summed E-state index contributed by atoms with van der Waals surface area (Å²) < 4.78 is 40.8. The van der Waals surface area contributed by atoms with Crippen molar-refractivity contribution in [3.05, 3.63) is 63.4 Å². The first kappa shape index (κ1) is 22.3. The highest BCUT2D eigenvalue weighted by atomic mass is 35.5. The molecule has 0 aliphatic carbocycles. The summed E-state index contributed by atoms with van der Waals surface area (Å²) in [6.07, 6.45) is 0. The summed E-state index contributed by atoms with van der Waals surface area (Å²) in [6, 6.07) is 9.72. The highest BCUT2D eigenvalue weighted by Gasteiger charge is 2.24. The van der Waals surface area contributed by atoms with Gasteiger partial charge in [-0.3, -0.25) is 9.40 Å². The Labute approximate surface area is 185 Å². The number of anilines is 1. The Kier molecular flexibility index (Phi) is 6.50. The van der Waals surface area contributed by atoms with Gasteiger partial charge in [0.1, 0.15) is 16.4 Å². The number of rotatable bonds is 7. The molecule has 0 aliphatic rings. The van der Waals surface area contributed by atoms with Crippen LogP contribution >= 0.6 is 23.2 Å². The molecule has 0 spiro atoms. The van der Waals surface area contributed by atoms with Gasteiger partial charge in [0.05, 0.1) is 37.8 Å². The van der Waals surface area contributed by atoms with E-state index < -0.39 is 10.0 Å². The van der Waals surface area contributed by atoms with Gasteiger partial charge in [0.2, 0.25) is 0 Å². The van der Waals surface area contributed by atoms with Crippen molar-refractivity contribution < 1.29 is 17.9 Å². The topological polar surface area (TPSA) is 82.5 Å². The molecule has 0 radical (unpaired) electrons. The van der Waals surface area contributed by atoms with Crippen LogP contribution in [0, 0.1) is 13.8 Å². The van der Waals surface area contributed by atoms with Gasteiger partial charge in [-0.15, -0.1) is 0 Å². The van der Waals surface area contributed by atoms with Gasteiger partial charge in [-0.1, -0.05) is 29.3 Å². The fraction of sp³-hybridized carbons (Fsp3) is 0.250. The molecule has 2 aromatic carbocycles. The minimum Gasteiger partial charge on any atom is -0.497 e. The molecule has 1 heterocycles. The molecule has 0 atom stereocenters. The first-order valence-electron chi connectivity index (χ1n) is 8.89. The zero-order valence-corrected chi connectivity index (χ0v) is 19.2. The molecule has 160 valence electrons. The number of halogens is 2. The minimum absolute atomic E-state index is 0.00176. The van der Waals surface area contributed by atoms with Gasteiger partial charge in [-0.2, -0.15) is 5.10 Å². The Morgan fingerprint density at radius 2 is 1.80 bits per heavy atom. The Morgan fingerprint density at radius 1 is 1.07 bits per heavy atom. The third kappa shape index (κ3) is 4.50. The molecule has 0 unspecified atom stereocenters. The van der Waals surface area contributed by atoms with Crippen LogP contribution in [0.3, 0.4) is 0 Å². The molecule has 0 saturated carbocycles. The number of nitrogens with one attached hydrogen (secondary N) is 1. The molecule has 1 N–H and O–H groups in total. The van der Waals surface area contributed by atoms with E-state index in [2.05, 4.69) is 9.82 Å². The monoisotopic (exact) mass is 469 g/mol. The second-order valence-corrected chi connectivity index (χ2v) is 9.06. The Bertz CT molecular complexity index is 1190. The molecule has 3 aromatic rings. The van der Waals surface area contributed by atoms with Gasteiger partial charge < -0.3 is 9.47 Å². The maximum Gasteiger partial charge on any atom is 0.265 e. The third-order valence-electron chi connectivity index (χ3n) is 4.61. The maximum atomic E-state index is 13.0. The summed E-state index contributed by atoms with van der Waals surface area (Å²) >= 11 is 12.2. The fourth-order valence-corrected chi connectivity index (χ4v) is 4.79. The van der Waals surface area contributed by atoms with E-state index in [0.29, 0.717) is 39.4 Å². The summed E-state index contributed by atoms with van der Waals surface area (Å²) in [5.74, 6) is 0.670. The van der Waals surface area contributed by atoms with Crippen LogP contribution in [-0.4, -0.2) is 32.4 Å². The van der Waals surface area contributed by atoms with E-state index in [1.165, 1.54) is 26.4 Å². The molecule has 0 amide bonds. The first-order valence-corrected chi connectivity index (χ1v) is 11.1. The van der Waals surface area contributed by atoms with Crippen LogP contribution in [0.1, 0.15) is 17.0 Å². The van der Waals surface area contributed by atoms with E-state index >= 15 is 0 Å². The molecule has 0 aliphatic heterocycles. The summed E-state index contributed by atoms with van der Waals surface area (Å²) in [7, 11) is -1.03. The molecule has 7 nitrogen and oxygen atoms in total. The number of hydrogen-bond donors (Lipinski definition) is 1. The van der Waals surface area contributed by atoms with Crippen molar-refractivity contribution in [3.8, 4) is 11.5 Å². The lowest BCUT2D eigenvalue weighted by atomic mass is 10.2. The van der Waals surface area contributed by atoms with Gasteiger partial charge in [-0.25, -0.2) is 8.42 Å². The van der Waals surface area contributed by atoms with Crippen LogP contribution in [0.4, 0.5) is 5.69 Å². The Hall–Kier alpha value is -2.42. The minimum atomic E-state index is -3.93. The average molecular weight is 470 g/mol. The van der Waals surface area contributed by atoms with Crippen molar-refractivity contribution in [2.24, 2.45) is 0 Å². The van der Waals surface area contributed by atoms with Gasteiger partial charge in [-0.05, 0) is 43.7 Å². The molecular weight excluding hydrogens is 449 g/mol. The predicted octanol–water partition coefficient (Wildman–Crippen LogP) is 4.67. The van der Waals surface area contributed by atoms with E-state index in [1.807, 2.05) is 6.07 Å². The first-order chi connectivity index (χ1) is 14.2. The number of aryl methyl sites for hydroxylation is 1. The van der Waals surface area contributed by atoms with Gasteiger partial charge >= 0.3 is 0 Å². The Morgan fingerprint density at radius 3 is 2.43 bits per heavy atom. The number of methoxy groups -OCH3 is 2. The van der Waals surface area contributed by atoms with Gasteiger partial charge in [0.25, 0.3) is 10.0 Å². The van der Waals surface area contributed by atoms with Crippen molar-refractivity contribution >= 4 is 38.9 Å². The fourth-order valence-electron chi connectivity index (χ4n) is 3.00. The van der Waals surface area contributed by atoms with Crippen molar-refractivity contribution in [2.75, 3.05) is 18.9 Å². The van der Waals surface area contributed by atoms with Crippen LogP contribution in [0.15, 0.2) is 41.3 Å². The van der Waals surface area contributed by atoms with Crippen LogP contribution in [-0.2, 0) is 16.6 Å². The van der Waals surface area contributed by atoms with E-state index in [1.54, 1.807) is 36.7 Å². The lowest BCUT2D eigenvalue weighted by Gasteiger charge is -2.13. The highest BCUT2D eigenvalue weighted by molar-refractivity contribution is 7.92. The number of ether oxygens (including phenoxy) is 2. The summed E-state index contributed by atoms with van der Waals surface area (Å²) in [4.78, 5) is -0.00176. The highest BCUT2D eigenvalue weighted by Crippen LogP contribution is 2.31. The molecule has 1 aromatic heterocycles. The summed E-state index contributed by atoms with van der Waals surface area (Å²) in [5, 5.41) is 5.52. The molecule has 3 rings (SSSR count). The zero-order chi connectivity index (χ0) is 22.1. The summed E-state index contributed by atoms with van der Waals surface area (Å²) in [6.45, 7) is 3.89. The second-order valence-electron chi connectivity index (χ2n) is 6.56. The van der Waals surface area contributed by atoms with Gasteiger partial charge in [0, 0.05) is 16.1 Å². The maximum absolute atomic E-state index is 13.0. The number of aromatic nitrogens is 2. The molecular formula is C20H21Cl2N3O4S. The van der Waals surface area contributed by atoms with Crippen molar-refractivity contribution in [2.45, 2.75) is 25.3 Å². The van der Waals surface area contributed by atoms with Crippen molar-refractivity contribution in [1.29, 1.82) is 0 Å². The predicted molar refractivity (Wildman–Crippen MR) is 118 cm³/mol. The van der Waals surface area contributed by atoms with E-state index in [4.69, 9.17) is 32.7 Å². The largest absolute Gasteiger partial charge is 0.497 e. The van der Waals surface area contributed by atoms with E-state index in [-0.39, 0.29) is 10.6 Å². The zero-order valence-electron chi connectivity index (χ0n) is 16.9. The van der Waals surface area contributed by atoms with E-state index in [9.17, 15) is 8.42 Å². The number of sulfonamides is 1. The van der Waals surface area contributed by atoms with Gasteiger partial charge in [0.15, 0.2) is 0 Å². The van der Waals surface area contributed by atoms with Crippen LogP contribution in [0.25, 0.3) is 0 Å². The lowest BCUT2D eigenvalue weighted by molar-refractivity contribution is 0.386. The molecule has 10 heteroatoms. The van der Waals surface area contributed by atoms with Crippen LogP contribution < -0.4 is 14.2 Å². The third-order valence-corrected chi connectivity index (χ3v) is 6.59. The molecule has 0 saturated heterocycles. The SMILES string of the molecule is COc1ccc(S(=O)(=O)Nc2c(C)nn(Cc3ccc(Cl)cc3Cl)c2C)c(OC)c1. The molecule has 0 fully saturated rings. The lowest BCUT2D eigenvalue weighted by Crippen LogP contribution is -2.15. The number of hydrogen-bond acceptors (Lipinski definition) is 5. The molecule has 0 bridgehead atoms. The quantitative estimate of drug-likeness (QED) is 0.543. The van der Waals surface area contributed by atoms with Crippen LogP contribution in [0.2, 0.25) is 10.0 Å². The van der Waals surface area contributed by atoms with Crippen molar-refractivity contribution in [3.63, 3.8) is 0 Å². The van der Waals surface area contributed by atoms with Crippen molar-refractivity contribution in [1.82, 2.24) is 9.78 Å². The average Bonchev–Trinajstić information content (AvgIpc) is 2.96. The number of benzene rings is 2. The summed E-state index contributed by atoms with van der Waals surface area (Å²) in [5.41, 5.74) is 2.40. The van der Waals surface area contributed by atoms with E-state index in [0.717, 1.165) is 5.56 Å².